The number of amides is 1. The molecule has 0 spiro atoms. The lowest BCUT2D eigenvalue weighted by molar-refractivity contribution is 0.101. The fourth-order valence-corrected chi connectivity index (χ4v) is 3.69. The maximum atomic E-state index is 15.0. The van der Waals surface area contributed by atoms with Gasteiger partial charge in [0.25, 0.3) is 11.5 Å². The van der Waals surface area contributed by atoms with Crippen LogP contribution in [0.2, 0.25) is 0 Å². The molecule has 0 fully saturated rings. The minimum atomic E-state index is -0.875. The molecule has 0 bridgehead atoms. The van der Waals surface area contributed by atoms with Gasteiger partial charge >= 0.3 is 5.69 Å². The molecule has 192 valence electrons. The molecule has 37 heavy (non-hydrogen) atoms. The first-order valence-corrected chi connectivity index (χ1v) is 11.2. The van der Waals surface area contributed by atoms with Gasteiger partial charge in [0.2, 0.25) is 5.69 Å². The Bertz CT molecular complexity index is 1610. The fourth-order valence-electron chi connectivity index (χ4n) is 3.69. The van der Waals surface area contributed by atoms with Crippen LogP contribution in [0.5, 0.6) is 23.0 Å². The first-order valence-electron chi connectivity index (χ1n) is 11.2. The third kappa shape index (κ3) is 4.99. The fraction of sp³-hybridized carbons (Fsp3) is 0.240. The highest BCUT2D eigenvalue weighted by molar-refractivity contribution is 6.02. The average molecular weight is 509 g/mol. The van der Waals surface area contributed by atoms with Gasteiger partial charge < -0.3 is 19.5 Å². The normalized spacial score (nSPS) is 10.8. The number of carbonyl (C=O) groups excluding carboxylic acids is 1. The molecule has 11 nitrogen and oxygen atoms in total. The number of hydrogen-bond donors (Lipinski definition) is 1. The van der Waals surface area contributed by atoms with Gasteiger partial charge in [-0.05, 0) is 30.7 Å². The van der Waals surface area contributed by atoms with Gasteiger partial charge in [-0.1, -0.05) is 6.92 Å². The Morgan fingerprint density at radius 2 is 1.76 bits per heavy atom. The summed E-state index contributed by atoms with van der Waals surface area (Å²) in [5.41, 5.74) is -1.31. The van der Waals surface area contributed by atoms with Crippen LogP contribution in [0.1, 0.15) is 23.8 Å². The van der Waals surface area contributed by atoms with E-state index in [2.05, 4.69) is 15.4 Å². The monoisotopic (exact) mass is 509 g/mol. The molecule has 2 heterocycles. The summed E-state index contributed by atoms with van der Waals surface area (Å²) in [4.78, 5) is 41.7. The van der Waals surface area contributed by atoms with E-state index >= 15 is 0 Å². The zero-order chi connectivity index (χ0) is 26.7. The molecule has 0 aliphatic carbocycles. The lowest BCUT2D eigenvalue weighted by Gasteiger charge is -2.13. The number of halogens is 1. The van der Waals surface area contributed by atoms with Crippen molar-refractivity contribution in [3.63, 3.8) is 0 Å². The molecule has 0 aliphatic rings. The van der Waals surface area contributed by atoms with E-state index < -0.39 is 28.7 Å². The summed E-state index contributed by atoms with van der Waals surface area (Å²) in [6.45, 7) is 1.93. The van der Waals surface area contributed by atoms with Crippen LogP contribution in [0, 0.1) is 5.82 Å². The van der Waals surface area contributed by atoms with Crippen LogP contribution in [0.4, 0.5) is 10.1 Å². The number of aromatic nitrogens is 4. The molecule has 12 heteroatoms. The molecule has 0 saturated carbocycles. The number of fused-ring (bicyclic) bond motifs is 1. The lowest BCUT2D eigenvalue weighted by atomic mass is 10.2. The minimum absolute atomic E-state index is 0.0675. The highest BCUT2D eigenvalue weighted by Crippen LogP contribution is 2.37. The smallest absolute Gasteiger partial charge is 0.347 e. The van der Waals surface area contributed by atoms with Crippen molar-refractivity contribution in [1.82, 2.24) is 19.3 Å². The SMILES string of the molecule is CCCn1c(=O)c(C(=O)Nc2ccc(Oc3ccnc4cc(OC)c(OC)cc34)c(F)c2)nn(C)c1=O. The van der Waals surface area contributed by atoms with E-state index in [9.17, 15) is 18.8 Å². The molecule has 2 aromatic heterocycles. The van der Waals surface area contributed by atoms with Crippen molar-refractivity contribution < 1.29 is 23.4 Å². The van der Waals surface area contributed by atoms with Gasteiger partial charge in [0.1, 0.15) is 5.75 Å². The topological polar surface area (TPSA) is 127 Å². The number of ether oxygens (including phenoxy) is 3. The van der Waals surface area contributed by atoms with Crippen LogP contribution >= 0.6 is 0 Å². The molecule has 1 N–H and O–H groups in total. The minimum Gasteiger partial charge on any atom is -0.493 e. The van der Waals surface area contributed by atoms with Gasteiger partial charge in [0.05, 0.1) is 19.7 Å². The molecule has 0 saturated heterocycles. The number of hydrogen-bond acceptors (Lipinski definition) is 8. The number of anilines is 1. The third-order valence-electron chi connectivity index (χ3n) is 5.48. The maximum Gasteiger partial charge on any atom is 0.347 e. The van der Waals surface area contributed by atoms with E-state index in [0.29, 0.717) is 34.6 Å². The van der Waals surface area contributed by atoms with Crippen molar-refractivity contribution in [3.05, 3.63) is 74.9 Å². The van der Waals surface area contributed by atoms with Gasteiger partial charge in [-0.2, -0.15) is 5.10 Å². The highest BCUT2D eigenvalue weighted by Gasteiger charge is 2.19. The highest BCUT2D eigenvalue weighted by atomic mass is 19.1. The summed E-state index contributed by atoms with van der Waals surface area (Å²) in [5, 5.41) is 6.79. The van der Waals surface area contributed by atoms with E-state index in [1.54, 1.807) is 25.1 Å². The zero-order valence-corrected chi connectivity index (χ0v) is 20.6. The lowest BCUT2D eigenvalue weighted by Crippen LogP contribution is -2.44. The molecule has 2 aromatic carbocycles. The second-order valence-electron chi connectivity index (χ2n) is 7.95. The molecule has 0 unspecified atom stereocenters. The Hall–Kier alpha value is -4.74. The third-order valence-corrected chi connectivity index (χ3v) is 5.48. The first-order chi connectivity index (χ1) is 17.8. The van der Waals surface area contributed by atoms with Gasteiger partial charge in [-0.15, -0.1) is 0 Å². The summed E-state index contributed by atoms with van der Waals surface area (Å²) in [7, 11) is 4.34. The quantitative estimate of drug-likeness (QED) is 0.384. The van der Waals surface area contributed by atoms with Gasteiger partial charge in [0, 0.05) is 43.0 Å². The van der Waals surface area contributed by atoms with Crippen molar-refractivity contribution in [2.75, 3.05) is 19.5 Å². The van der Waals surface area contributed by atoms with Crippen LogP contribution in [-0.4, -0.2) is 39.5 Å². The Labute approximate surface area is 210 Å². The standard InChI is InChI=1S/C25H24FN5O6/c1-5-10-31-24(33)22(29-30(2)25(31)34)23(32)28-14-6-7-19(16(26)11-14)37-18-8-9-27-17-13-21(36-4)20(35-3)12-15(17)18/h6-9,11-13H,5,10H2,1-4H3,(H,28,32). The summed E-state index contributed by atoms with van der Waals surface area (Å²) in [6, 6.07) is 8.73. The molecule has 4 aromatic rings. The number of methoxy groups -OCH3 is 2. The summed E-state index contributed by atoms with van der Waals surface area (Å²) < 4.78 is 33.2. The van der Waals surface area contributed by atoms with Crippen molar-refractivity contribution in [3.8, 4) is 23.0 Å². The zero-order valence-electron chi connectivity index (χ0n) is 20.6. The van der Waals surface area contributed by atoms with Crippen molar-refractivity contribution in [2.24, 2.45) is 7.05 Å². The second kappa shape index (κ2) is 10.5. The number of nitrogens with zero attached hydrogens (tertiary/aromatic N) is 4. The Balaban J connectivity index is 1.61. The number of rotatable bonds is 8. The van der Waals surface area contributed by atoms with E-state index in [-0.39, 0.29) is 18.0 Å². The number of nitrogens with one attached hydrogen (secondary N) is 1. The van der Waals surface area contributed by atoms with Crippen LogP contribution in [0.3, 0.4) is 0 Å². The van der Waals surface area contributed by atoms with E-state index in [4.69, 9.17) is 14.2 Å². The van der Waals surface area contributed by atoms with Crippen molar-refractivity contribution in [2.45, 2.75) is 19.9 Å². The summed E-state index contributed by atoms with van der Waals surface area (Å²) >= 11 is 0. The molecule has 4 rings (SSSR count). The van der Waals surface area contributed by atoms with Crippen LogP contribution < -0.4 is 30.8 Å². The van der Waals surface area contributed by atoms with Crippen molar-refractivity contribution >= 4 is 22.5 Å². The molecule has 1 amide bonds. The molecule has 0 atom stereocenters. The Kier molecular flexibility index (Phi) is 7.18. The predicted molar refractivity (Wildman–Crippen MR) is 133 cm³/mol. The largest absolute Gasteiger partial charge is 0.493 e. The van der Waals surface area contributed by atoms with Gasteiger partial charge in [-0.3, -0.25) is 19.1 Å². The number of benzene rings is 2. The second-order valence-corrected chi connectivity index (χ2v) is 7.95. The Morgan fingerprint density at radius 3 is 2.43 bits per heavy atom. The predicted octanol–water partition coefficient (Wildman–Crippen LogP) is 3.10. The molecule has 0 aliphatic heterocycles. The van der Waals surface area contributed by atoms with Crippen LogP contribution in [-0.2, 0) is 13.6 Å². The van der Waals surface area contributed by atoms with Crippen LogP contribution in [0.25, 0.3) is 10.9 Å². The van der Waals surface area contributed by atoms with Crippen molar-refractivity contribution in [1.29, 1.82) is 0 Å². The van der Waals surface area contributed by atoms with E-state index in [1.807, 2.05) is 0 Å². The average Bonchev–Trinajstić information content (AvgIpc) is 2.89. The molecular formula is C25H24FN5O6. The molecular weight excluding hydrogens is 485 g/mol. The summed E-state index contributed by atoms with van der Waals surface area (Å²) in [6.07, 6.45) is 2.03. The maximum absolute atomic E-state index is 15.0. The summed E-state index contributed by atoms with van der Waals surface area (Å²) in [5.74, 6) is -0.477. The first kappa shape index (κ1) is 25.4. The number of aryl methyl sites for hydroxylation is 1. The molecule has 0 radical (unpaired) electrons. The Morgan fingerprint density at radius 1 is 1.03 bits per heavy atom. The number of carbonyl (C=O) groups is 1. The van der Waals surface area contributed by atoms with Gasteiger partial charge in [-0.25, -0.2) is 13.9 Å². The van der Waals surface area contributed by atoms with Gasteiger partial charge in [0.15, 0.2) is 23.1 Å². The van der Waals surface area contributed by atoms with Crippen LogP contribution in [0.15, 0.2) is 52.2 Å². The van der Waals surface area contributed by atoms with E-state index in [0.717, 1.165) is 15.3 Å². The van der Waals surface area contributed by atoms with E-state index in [1.165, 1.54) is 39.6 Å². The number of pyridine rings is 1.